The Morgan fingerprint density at radius 2 is 1.83 bits per heavy atom. The van der Waals surface area contributed by atoms with Crippen molar-refractivity contribution >= 4 is 25.2 Å². The maximum atomic E-state index is 12.6. The van der Waals surface area contributed by atoms with Crippen molar-refractivity contribution < 1.29 is 28.0 Å². The Morgan fingerprint density at radius 3 is 2.34 bits per heavy atom. The number of nitrogens with two attached hydrogens (primary N) is 1. The largest absolute Gasteiger partial charge is 0.368 e. The lowest BCUT2D eigenvalue weighted by molar-refractivity contribution is -0.124. The zero-order chi connectivity index (χ0) is 21.4. The maximum absolute atomic E-state index is 12.6. The van der Waals surface area contributed by atoms with Crippen molar-refractivity contribution in [1.29, 1.82) is 0 Å². The summed E-state index contributed by atoms with van der Waals surface area (Å²) in [5.41, 5.74) is 6.51. The van der Waals surface area contributed by atoms with Crippen LogP contribution in [0, 0.1) is 5.92 Å². The first-order valence-electron chi connectivity index (χ1n) is 9.87. The third-order valence-corrected chi connectivity index (χ3v) is 6.88. The van der Waals surface area contributed by atoms with E-state index in [1.165, 1.54) is 0 Å². The normalized spacial score (nSPS) is 18.3. The summed E-state index contributed by atoms with van der Waals surface area (Å²) < 4.78 is 23.2. The average Bonchev–Trinajstić information content (AvgIpc) is 2.66. The minimum absolute atomic E-state index is 0.0825. The van der Waals surface area contributed by atoms with E-state index in [0.29, 0.717) is 30.4 Å². The van der Waals surface area contributed by atoms with Gasteiger partial charge in [0, 0.05) is 18.4 Å². The molecule has 2 amide bonds. The van der Waals surface area contributed by atoms with E-state index >= 15 is 0 Å². The van der Waals surface area contributed by atoms with Crippen LogP contribution < -0.4 is 11.1 Å². The summed E-state index contributed by atoms with van der Waals surface area (Å²) in [6.07, 6.45) is 2.21. The molecular weight excluding hydrogens is 395 g/mol. The quantitative estimate of drug-likeness (QED) is 0.557. The smallest absolute Gasteiger partial charge is 0.335 e. The molecule has 0 heterocycles. The standard InChI is InChI=1S/C20H29N2O6P/c1-3-27-29(26,28-4-2)13-14-8-10-15(11-9-14)20(25)22-18(19(21)24)16-6-5-7-17(23)12-16/h8-11,16,18H,3-7,12-13H2,1-2H3,(H2,21,24)(H,22,25)/t16-,18+/m0/s1. The Bertz CT molecular complexity index is 770. The van der Waals surface area contributed by atoms with E-state index in [1.54, 1.807) is 38.1 Å². The van der Waals surface area contributed by atoms with Crippen LogP contribution >= 0.6 is 7.60 Å². The lowest BCUT2D eigenvalue weighted by atomic mass is 9.82. The molecule has 0 spiro atoms. The molecule has 160 valence electrons. The van der Waals surface area contributed by atoms with E-state index in [2.05, 4.69) is 5.32 Å². The van der Waals surface area contributed by atoms with Crippen LogP contribution in [0.15, 0.2) is 24.3 Å². The highest BCUT2D eigenvalue weighted by molar-refractivity contribution is 7.53. The van der Waals surface area contributed by atoms with Gasteiger partial charge in [-0.3, -0.25) is 18.9 Å². The second kappa shape index (κ2) is 10.7. The van der Waals surface area contributed by atoms with Gasteiger partial charge >= 0.3 is 7.60 Å². The van der Waals surface area contributed by atoms with E-state index in [-0.39, 0.29) is 37.5 Å². The SMILES string of the molecule is CCOP(=O)(Cc1ccc(C(=O)N[C@@H](C(N)=O)[C@H]2CCCC(=O)C2)cc1)OCC. The Morgan fingerprint density at radius 1 is 1.21 bits per heavy atom. The number of carbonyl (C=O) groups is 3. The van der Waals surface area contributed by atoms with Crippen molar-refractivity contribution in [1.82, 2.24) is 5.32 Å². The van der Waals surface area contributed by atoms with Crippen LogP contribution in [0.1, 0.15) is 55.5 Å². The molecule has 0 radical (unpaired) electrons. The fraction of sp³-hybridized carbons (Fsp3) is 0.550. The molecule has 0 bridgehead atoms. The molecule has 9 heteroatoms. The van der Waals surface area contributed by atoms with Crippen molar-refractivity contribution in [3.63, 3.8) is 0 Å². The van der Waals surface area contributed by atoms with Crippen molar-refractivity contribution in [2.24, 2.45) is 11.7 Å². The highest BCUT2D eigenvalue weighted by Crippen LogP contribution is 2.51. The second-order valence-electron chi connectivity index (χ2n) is 7.05. The molecule has 29 heavy (non-hydrogen) atoms. The first-order valence-corrected chi connectivity index (χ1v) is 11.6. The molecular formula is C20H29N2O6P. The first-order chi connectivity index (χ1) is 13.8. The summed E-state index contributed by atoms with van der Waals surface area (Å²) in [6.45, 7) is 4.04. The summed E-state index contributed by atoms with van der Waals surface area (Å²) in [5.74, 6) is -1.29. The van der Waals surface area contributed by atoms with E-state index in [1.807, 2.05) is 0 Å². The number of benzene rings is 1. The second-order valence-corrected chi connectivity index (χ2v) is 9.10. The fourth-order valence-electron chi connectivity index (χ4n) is 3.50. The van der Waals surface area contributed by atoms with Crippen LogP contribution in [0.2, 0.25) is 0 Å². The lowest BCUT2D eigenvalue weighted by Gasteiger charge is -2.28. The molecule has 1 aromatic rings. The van der Waals surface area contributed by atoms with Crippen LogP contribution in [-0.4, -0.2) is 36.9 Å². The molecule has 3 N–H and O–H groups in total. The van der Waals surface area contributed by atoms with Gasteiger partial charge in [-0.25, -0.2) is 0 Å². The monoisotopic (exact) mass is 424 g/mol. The molecule has 2 atom stereocenters. The third-order valence-electron chi connectivity index (χ3n) is 4.83. The van der Waals surface area contributed by atoms with Gasteiger partial charge in [-0.15, -0.1) is 0 Å². The van der Waals surface area contributed by atoms with Crippen LogP contribution in [0.4, 0.5) is 0 Å². The number of hydrogen-bond acceptors (Lipinski definition) is 6. The van der Waals surface area contributed by atoms with Gasteiger partial charge in [-0.2, -0.15) is 0 Å². The minimum Gasteiger partial charge on any atom is -0.368 e. The zero-order valence-electron chi connectivity index (χ0n) is 16.9. The van der Waals surface area contributed by atoms with Gasteiger partial charge in [-0.1, -0.05) is 12.1 Å². The Labute approximate surface area is 171 Å². The predicted molar refractivity (Wildman–Crippen MR) is 108 cm³/mol. The molecule has 1 aliphatic rings. The van der Waals surface area contributed by atoms with E-state index in [9.17, 15) is 18.9 Å². The zero-order valence-corrected chi connectivity index (χ0v) is 17.8. The summed E-state index contributed by atoms with van der Waals surface area (Å²) >= 11 is 0. The highest BCUT2D eigenvalue weighted by atomic mass is 31.2. The maximum Gasteiger partial charge on any atom is 0.335 e. The third kappa shape index (κ3) is 6.77. The number of Topliss-reactive ketones (excluding diaryl/α,β-unsaturated/α-hetero) is 1. The van der Waals surface area contributed by atoms with Gasteiger partial charge in [0.25, 0.3) is 5.91 Å². The van der Waals surface area contributed by atoms with Gasteiger partial charge in [0.15, 0.2) is 0 Å². The molecule has 0 aromatic heterocycles. The first kappa shape index (κ1) is 23.3. The predicted octanol–water partition coefficient (Wildman–Crippen LogP) is 2.80. The molecule has 8 nitrogen and oxygen atoms in total. The fourth-order valence-corrected chi connectivity index (χ4v) is 5.20. The summed E-state index contributed by atoms with van der Waals surface area (Å²) in [7, 11) is -3.23. The van der Waals surface area contributed by atoms with Crippen molar-refractivity contribution in [2.45, 2.75) is 51.7 Å². The topological polar surface area (TPSA) is 125 Å². The molecule has 1 fully saturated rings. The average molecular weight is 424 g/mol. The van der Waals surface area contributed by atoms with Gasteiger partial charge in [0.2, 0.25) is 5.91 Å². The van der Waals surface area contributed by atoms with Gasteiger partial charge in [-0.05, 0) is 50.3 Å². The van der Waals surface area contributed by atoms with E-state index in [4.69, 9.17) is 14.8 Å². The number of primary amides is 1. The molecule has 1 aliphatic carbocycles. The van der Waals surface area contributed by atoms with Crippen LogP contribution in [-0.2, 0) is 29.4 Å². The number of amides is 2. The molecule has 2 rings (SSSR count). The van der Waals surface area contributed by atoms with Gasteiger partial charge < -0.3 is 20.1 Å². The summed E-state index contributed by atoms with van der Waals surface area (Å²) in [6, 6.07) is 5.61. The number of carbonyl (C=O) groups excluding carboxylic acids is 3. The number of rotatable bonds is 10. The van der Waals surface area contributed by atoms with Crippen LogP contribution in [0.3, 0.4) is 0 Å². The number of hydrogen-bond donors (Lipinski definition) is 2. The number of nitrogens with one attached hydrogen (secondary N) is 1. The van der Waals surface area contributed by atoms with E-state index in [0.717, 1.165) is 0 Å². The van der Waals surface area contributed by atoms with Crippen molar-refractivity contribution in [3.8, 4) is 0 Å². The Kier molecular flexibility index (Phi) is 8.56. The lowest BCUT2D eigenvalue weighted by Crippen LogP contribution is -2.50. The van der Waals surface area contributed by atoms with Crippen LogP contribution in [0.5, 0.6) is 0 Å². The van der Waals surface area contributed by atoms with Crippen molar-refractivity contribution in [2.75, 3.05) is 13.2 Å². The van der Waals surface area contributed by atoms with E-state index < -0.39 is 25.5 Å². The van der Waals surface area contributed by atoms with Crippen molar-refractivity contribution in [3.05, 3.63) is 35.4 Å². The minimum atomic E-state index is -3.23. The van der Waals surface area contributed by atoms with Gasteiger partial charge in [0.1, 0.15) is 11.8 Å². The Balaban J connectivity index is 2.06. The molecule has 1 aromatic carbocycles. The summed E-state index contributed by atoms with van der Waals surface area (Å²) in [4.78, 5) is 36.1. The molecule has 0 aliphatic heterocycles. The molecule has 0 saturated heterocycles. The molecule has 1 saturated carbocycles. The van der Waals surface area contributed by atoms with Gasteiger partial charge in [0.05, 0.1) is 19.4 Å². The highest BCUT2D eigenvalue weighted by Gasteiger charge is 2.32. The molecule has 0 unspecified atom stereocenters. The van der Waals surface area contributed by atoms with Crippen LogP contribution in [0.25, 0.3) is 0 Å². The summed E-state index contributed by atoms with van der Waals surface area (Å²) in [5, 5.41) is 2.66. The number of ketones is 1. The Hall–Kier alpha value is -2.02.